The van der Waals surface area contributed by atoms with Crippen LogP contribution in [0.15, 0.2) is 36.5 Å². The molecule has 2 heterocycles. The molecule has 26 heavy (non-hydrogen) atoms. The van der Waals surface area contributed by atoms with Gasteiger partial charge in [-0.15, -0.1) is 0 Å². The first-order valence-electron chi connectivity index (χ1n) is 8.81. The Kier molecular flexibility index (Phi) is 5.61. The third-order valence-electron chi connectivity index (χ3n) is 4.73. The number of aryl methyl sites for hydroxylation is 1. The second-order valence-corrected chi connectivity index (χ2v) is 6.98. The van der Waals surface area contributed by atoms with E-state index in [2.05, 4.69) is 5.10 Å². The molecular formula is C19H23ClN4O2. The summed E-state index contributed by atoms with van der Waals surface area (Å²) < 4.78 is 1.53. The highest BCUT2D eigenvalue weighted by Crippen LogP contribution is 2.21. The first kappa shape index (κ1) is 18.5. The molecule has 0 saturated carbocycles. The van der Waals surface area contributed by atoms with Crippen molar-refractivity contribution in [1.82, 2.24) is 19.6 Å². The van der Waals surface area contributed by atoms with Gasteiger partial charge in [-0.05, 0) is 12.0 Å². The SMILES string of the molecule is CC[C@@H]1CN(C(=O)c2nn(C)cc2Cl)CCC(=O)N1Cc1ccccc1. The van der Waals surface area contributed by atoms with Crippen LogP contribution in [0, 0.1) is 0 Å². The number of hydrogen-bond acceptors (Lipinski definition) is 3. The van der Waals surface area contributed by atoms with E-state index in [9.17, 15) is 9.59 Å². The van der Waals surface area contributed by atoms with Gasteiger partial charge in [-0.1, -0.05) is 48.9 Å². The van der Waals surface area contributed by atoms with E-state index >= 15 is 0 Å². The topological polar surface area (TPSA) is 58.4 Å². The highest BCUT2D eigenvalue weighted by molar-refractivity contribution is 6.33. The molecule has 1 aliphatic heterocycles. The van der Waals surface area contributed by atoms with E-state index in [4.69, 9.17) is 11.6 Å². The van der Waals surface area contributed by atoms with Gasteiger partial charge in [0.05, 0.1) is 5.02 Å². The standard InChI is InChI=1S/C19H23ClN4O2/c1-3-15-12-23(19(26)18-16(20)13-22(2)21-18)10-9-17(25)24(15)11-14-7-5-4-6-8-14/h4-8,13,15H,3,9-12H2,1-2H3/t15-/m1/s1. The summed E-state index contributed by atoms with van der Waals surface area (Å²) in [7, 11) is 1.73. The molecule has 3 rings (SSSR count). The number of hydrogen-bond donors (Lipinski definition) is 0. The van der Waals surface area contributed by atoms with Crippen LogP contribution in [-0.4, -0.2) is 50.5 Å². The van der Waals surface area contributed by atoms with Crippen LogP contribution >= 0.6 is 11.6 Å². The number of amides is 2. The lowest BCUT2D eigenvalue weighted by Crippen LogP contribution is -2.43. The number of carbonyl (C=O) groups is 2. The molecule has 1 fully saturated rings. The lowest BCUT2D eigenvalue weighted by atomic mass is 10.1. The van der Waals surface area contributed by atoms with Crippen LogP contribution in [0.4, 0.5) is 0 Å². The van der Waals surface area contributed by atoms with Crippen molar-refractivity contribution in [3.05, 3.63) is 52.8 Å². The molecule has 0 radical (unpaired) electrons. The Morgan fingerprint density at radius 2 is 2.04 bits per heavy atom. The molecule has 0 spiro atoms. The van der Waals surface area contributed by atoms with E-state index in [0.717, 1.165) is 12.0 Å². The van der Waals surface area contributed by atoms with E-state index in [0.29, 0.717) is 31.1 Å². The Bertz CT molecular complexity index is 790. The van der Waals surface area contributed by atoms with Gasteiger partial charge in [0, 0.05) is 45.3 Å². The molecule has 0 bridgehead atoms. The minimum atomic E-state index is -0.219. The largest absolute Gasteiger partial charge is 0.335 e. The highest BCUT2D eigenvalue weighted by Gasteiger charge is 2.32. The van der Waals surface area contributed by atoms with Crippen molar-refractivity contribution in [3.8, 4) is 0 Å². The molecule has 6 nitrogen and oxygen atoms in total. The van der Waals surface area contributed by atoms with Crippen LogP contribution in [0.2, 0.25) is 5.02 Å². The third kappa shape index (κ3) is 3.90. The number of halogens is 1. The molecule has 1 saturated heterocycles. The minimum absolute atomic E-state index is 0.0309. The smallest absolute Gasteiger partial charge is 0.275 e. The summed E-state index contributed by atoms with van der Waals surface area (Å²) in [6, 6.07) is 9.90. The van der Waals surface area contributed by atoms with Gasteiger partial charge < -0.3 is 9.80 Å². The molecule has 0 unspecified atom stereocenters. The van der Waals surface area contributed by atoms with Crippen LogP contribution in [0.5, 0.6) is 0 Å². The summed E-state index contributed by atoms with van der Waals surface area (Å²) in [5, 5.41) is 4.50. The molecule has 1 aromatic heterocycles. The molecule has 7 heteroatoms. The maximum absolute atomic E-state index is 12.9. The Hall–Kier alpha value is -2.34. The van der Waals surface area contributed by atoms with Gasteiger partial charge in [-0.3, -0.25) is 14.3 Å². The highest BCUT2D eigenvalue weighted by atomic mass is 35.5. The summed E-state index contributed by atoms with van der Waals surface area (Å²) in [5.74, 6) is -0.147. The van der Waals surface area contributed by atoms with Crippen LogP contribution in [0.3, 0.4) is 0 Å². The summed E-state index contributed by atoms with van der Waals surface area (Å²) in [4.78, 5) is 29.2. The fourth-order valence-corrected chi connectivity index (χ4v) is 3.57. The quantitative estimate of drug-likeness (QED) is 0.826. The first-order valence-corrected chi connectivity index (χ1v) is 9.19. The molecule has 0 N–H and O–H groups in total. The molecule has 1 aliphatic rings. The molecule has 2 amide bonds. The fraction of sp³-hybridized carbons (Fsp3) is 0.421. The first-order chi connectivity index (χ1) is 12.5. The van der Waals surface area contributed by atoms with E-state index in [1.807, 2.05) is 42.2 Å². The molecular weight excluding hydrogens is 352 g/mol. The summed E-state index contributed by atoms with van der Waals surface area (Å²) in [6.45, 7) is 3.47. The van der Waals surface area contributed by atoms with Gasteiger partial charge >= 0.3 is 0 Å². The maximum atomic E-state index is 12.9. The number of benzene rings is 1. The average molecular weight is 375 g/mol. The van der Waals surface area contributed by atoms with Crippen molar-refractivity contribution in [3.63, 3.8) is 0 Å². The molecule has 138 valence electrons. The zero-order valence-corrected chi connectivity index (χ0v) is 15.8. The van der Waals surface area contributed by atoms with Crippen molar-refractivity contribution in [2.75, 3.05) is 13.1 Å². The van der Waals surface area contributed by atoms with Crippen LogP contribution in [0.25, 0.3) is 0 Å². The number of carbonyl (C=O) groups excluding carboxylic acids is 2. The monoisotopic (exact) mass is 374 g/mol. The molecule has 1 atom stereocenters. The van der Waals surface area contributed by atoms with Gasteiger partial charge in [-0.2, -0.15) is 5.10 Å². The minimum Gasteiger partial charge on any atom is -0.335 e. The zero-order valence-electron chi connectivity index (χ0n) is 15.1. The lowest BCUT2D eigenvalue weighted by molar-refractivity contribution is -0.133. The predicted molar refractivity (Wildman–Crippen MR) is 99.8 cm³/mol. The Morgan fingerprint density at radius 1 is 1.31 bits per heavy atom. The Labute approximate surface area is 158 Å². The van der Waals surface area contributed by atoms with Crippen LogP contribution < -0.4 is 0 Å². The summed E-state index contributed by atoms with van der Waals surface area (Å²) >= 11 is 6.13. The Balaban J connectivity index is 1.80. The van der Waals surface area contributed by atoms with Crippen molar-refractivity contribution < 1.29 is 9.59 Å². The number of rotatable bonds is 4. The number of aromatic nitrogens is 2. The van der Waals surface area contributed by atoms with Gasteiger partial charge in [0.15, 0.2) is 5.69 Å². The normalized spacial score (nSPS) is 18.1. The fourth-order valence-electron chi connectivity index (χ4n) is 3.31. The van der Waals surface area contributed by atoms with E-state index in [-0.39, 0.29) is 23.6 Å². The van der Waals surface area contributed by atoms with Crippen molar-refractivity contribution in [2.45, 2.75) is 32.4 Å². The summed E-state index contributed by atoms with van der Waals surface area (Å²) in [5.41, 5.74) is 1.33. The van der Waals surface area contributed by atoms with Gasteiger partial charge in [-0.25, -0.2) is 0 Å². The predicted octanol–water partition coefficient (Wildman–Crippen LogP) is 2.73. The summed E-state index contributed by atoms with van der Waals surface area (Å²) in [6.07, 6.45) is 2.69. The van der Waals surface area contributed by atoms with Crippen LogP contribution in [0.1, 0.15) is 35.8 Å². The van der Waals surface area contributed by atoms with Gasteiger partial charge in [0.25, 0.3) is 5.91 Å². The third-order valence-corrected chi connectivity index (χ3v) is 5.01. The lowest BCUT2D eigenvalue weighted by Gasteiger charge is -2.31. The van der Waals surface area contributed by atoms with Gasteiger partial charge in [0.1, 0.15) is 0 Å². The average Bonchev–Trinajstić information content (AvgIpc) is 2.89. The van der Waals surface area contributed by atoms with E-state index in [1.54, 1.807) is 18.1 Å². The molecule has 1 aromatic carbocycles. The maximum Gasteiger partial charge on any atom is 0.275 e. The van der Waals surface area contributed by atoms with Crippen molar-refractivity contribution in [1.29, 1.82) is 0 Å². The molecule has 0 aliphatic carbocycles. The number of nitrogens with zero attached hydrogens (tertiary/aromatic N) is 4. The van der Waals surface area contributed by atoms with Crippen molar-refractivity contribution >= 4 is 23.4 Å². The zero-order chi connectivity index (χ0) is 18.7. The van der Waals surface area contributed by atoms with Crippen LogP contribution in [-0.2, 0) is 18.4 Å². The Morgan fingerprint density at radius 3 is 2.65 bits per heavy atom. The van der Waals surface area contributed by atoms with Crippen molar-refractivity contribution in [2.24, 2.45) is 7.05 Å². The molecule has 2 aromatic rings. The second-order valence-electron chi connectivity index (χ2n) is 6.57. The van der Waals surface area contributed by atoms with Gasteiger partial charge in [0.2, 0.25) is 5.91 Å². The van der Waals surface area contributed by atoms with E-state index in [1.165, 1.54) is 4.68 Å². The van der Waals surface area contributed by atoms with E-state index < -0.39 is 0 Å². The second kappa shape index (κ2) is 7.91.